The van der Waals surface area contributed by atoms with Gasteiger partial charge in [-0.3, -0.25) is 4.57 Å². The van der Waals surface area contributed by atoms with Crippen LogP contribution in [0.25, 0.3) is 38.8 Å². The van der Waals surface area contributed by atoms with Gasteiger partial charge in [-0.2, -0.15) is 0 Å². The molecule has 4 heteroatoms. The molecule has 0 spiro atoms. The topological polar surface area (TPSA) is 39.9 Å². The molecule has 34 heavy (non-hydrogen) atoms. The van der Waals surface area contributed by atoms with Gasteiger partial charge in [0.15, 0.2) is 0 Å². The molecule has 0 radical (unpaired) electrons. The number of ether oxygens (including phenoxy) is 1. The van der Waals surface area contributed by atoms with Gasteiger partial charge in [-0.05, 0) is 67.4 Å². The first-order valence-corrected chi connectivity index (χ1v) is 11.3. The minimum atomic E-state index is 0.642. The molecule has 0 fully saturated rings. The fraction of sp³-hybridized carbons (Fsp3) is 0.0667. The molecular formula is C30H23N3O. The van der Waals surface area contributed by atoms with Gasteiger partial charge in [-0.1, -0.05) is 54.6 Å². The standard InChI is InChI=1S/C30H23N3O/c1-20-13-14-21(2)32-30(20)34-24-9-7-8-22(18-24)23-15-16-26-25-10-3-4-11-27(25)33(28(26)19-23)29-12-5-6-17-31-29/h3-19H,1-2H3. The molecule has 6 rings (SSSR count). The van der Waals surface area contributed by atoms with Gasteiger partial charge in [-0.15, -0.1) is 0 Å². The van der Waals surface area contributed by atoms with E-state index in [1.54, 1.807) is 0 Å². The molecule has 4 nitrogen and oxygen atoms in total. The highest BCUT2D eigenvalue weighted by molar-refractivity contribution is 6.10. The second-order valence-electron chi connectivity index (χ2n) is 8.48. The molecular weight excluding hydrogens is 418 g/mol. The van der Waals surface area contributed by atoms with Crippen LogP contribution in [-0.4, -0.2) is 14.5 Å². The molecule has 0 saturated carbocycles. The maximum atomic E-state index is 6.15. The lowest BCUT2D eigenvalue weighted by Crippen LogP contribution is -1.96. The number of aryl methyl sites for hydroxylation is 2. The van der Waals surface area contributed by atoms with Gasteiger partial charge in [0.1, 0.15) is 11.6 Å². The van der Waals surface area contributed by atoms with E-state index >= 15 is 0 Å². The fourth-order valence-electron chi connectivity index (χ4n) is 4.44. The normalized spacial score (nSPS) is 11.2. The lowest BCUT2D eigenvalue weighted by Gasteiger charge is -2.11. The number of aromatic nitrogens is 3. The summed E-state index contributed by atoms with van der Waals surface area (Å²) in [5.74, 6) is 2.32. The Balaban J connectivity index is 1.48. The molecule has 3 heterocycles. The number of fused-ring (bicyclic) bond motifs is 3. The molecule has 3 aromatic heterocycles. The average Bonchev–Trinajstić information content (AvgIpc) is 3.21. The fourth-order valence-corrected chi connectivity index (χ4v) is 4.44. The van der Waals surface area contributed by atoms with E-state index in [1.165, 1.54) is 10.8 Å². The highest BCUT2D eigenvalue weighted by atomic mass is 16.5. The van der Waals surface area contributed by atoms with Crippen LogP contribution in [0.2, 0.25) is 0 Å². The molecule has 0 amide bonds. The second kappa shape index (κ2) is 8.16. The van der Waals surface area contributed by atoms with Crippen LogP contribution in [0.3, 0.4) is 0 Å². The van der Waals surface area contributed by atoms with Crippen LogP contribution in [0.5, 0.6) is 11.6 Å². The predicted molar refractivity (Wildman–Crippen MR) is 138 cm³/mol. The van der Waals surface area contributed by atoms with Gasteiger partial charge in [0.05, 0.1) is 11.0 Å². The molecule has 0 aliphatic carbocycles. The average molecular weight is 442 g/mol. The van der Waals surface area contributed by atoms with Gasteiger partial charge >= 0.3 is 0 Å². The van der Waals surface area contributed by atoms with E-state index in [2.05, 4.69) is 69.1 Å². The van der Waals surface area contributed by atoms with Crippen molar-refractivity contribution in [2.45, 2.75) is 13.8 Å². The van der Waals surface area contributed by atoms with E-state index in [4.69, 9.17) is 4.74 Å². The van der Waals surface area contributed by atoms with E-state index in [1.807, 2.05) is 62.5 Å². The Hall–Kier alpha value is -4.44. The molecule has 0 N–H and O–H groups in total. The first kappa shape index (κ1) is 20.2. The Labute approximate surface area is 198 Å². The van der Waals surface area contributed by atoms with E-state index in [0.29, 0.717) is 5.88 Å². The van der Waals surface area contributed by atoms with Crippen molar-refractivity contribution >= 4 is 21.8 Å². The van der Waals surface area contributed by atoms with E-state index < -0.39 is 0 Å². The van der Waals surface area contributed by atoms with E-state index in [-0.39, 0.29) is 0 Å². The molecule has 164 valence electrons. The first-order chi connectivity index (χ1) is 16.7. The zero-order valence-electron chi connectivity index (χ0n) is 19.1. The van der Waals surface area contributed by atoms with Crippen molar-refractivity contribution in [1.82, 2.24) is 14.5 Å². The largest absolute Gasteiger partial charge is 0.439 e. The van der Waals surface area contributed by atoms with Crippen molar-refractivity contribution in [2.75, 3.05) is 0 Å². The molecule has 0 aliphatic rings. The van der Waals surface area contributed by atoms with Crippen LogP contribution in [0.4, 0.5) is 0 Å². The van der Waals surface area contributed by atoms with Gasteiger partial charge in [0.25, 0.3) is 0 Å². The minimum absolute atomic E-state index is 0.642. The Morgan fingerprint density at radius 3 is 2.38 bits per heavy atom. The highest BCUT2D eigenvalue weighted by Gasteiger charge is 2.14. The van der Waals surface area contributed by atoms with Crippen LogP contribution in [0.1, 0.15) is 11.3 Å². The highest BCUT2D eigenvalue weighted by Crippen LogP contribution is 2.35. The quantitative estimate of drug-likeness (QED) is 0.282. The smallest absolute Gasteiger partial charge is 0.222 e. The third-order valence-electron chi connectivity index (χ3n) is 6.12. The number of hydrogen-bond donors (Lipinski definition) is 0. The monoisotopic (exact) mass is 441 g/mol. The summed E-state index contributed by atoms with van der Waals surface area (Å²) in [6.45, 7) is 3.98. The van der Waals surface area contributed by atoms with Crippen molar-refractivity contribution in [2.24, 2.45) is 0 Å². The summed E-state index contributed by atoms with van der Waals surface area (Å²) in [7, 11) is 0. The molecule has 3 aromatic carbocycles. The Kier molecular flexibility index (Phi) is 4.84. The Morgan fingerprint density at radius 1 is 0.676 bits per heavy atom. The number of nitrogens with zero attached hydrogens (tertiary/aromatic N) is 3. The second-order valence-corrected chi connectivity index (χ2v) is 8.48. The van der Waals surface area contributed by atoms with Crippen molar-refractivity contribution in [3.63, 3.8) is 0 Å². The summed E-state index contributed by atoms with van der Waals surface area (Å²) in [6.07, 6.45) is 1.84. The number of pyridine rings is 2. The lowest BCUT2D eigenvalue weighted by molar-refractivity contribution is 0.458. The third-order valence-corrected chi connectivity index (χ3v) is 6.12. The molecule has 0 unspecified atom stereocenters. The van der Waals surface area contributed by atoms with Gasteiger partial charge in [0.2, 0.25) is 5.88 Å². The molecule has 0 atom stereocenters. The summed E-state index contributed by atoms with van der Waals surface area (Å²) in [5.41, 5.74) is 6.42. The van der Waals surface area contributed by atoms with Crippen LogP contribution in [0.15, 0.2) is 103 Å². The Morgan fingerprint density at radius 2 is 1.50 bits per heavy atom. The predicted octanol–water partition coefficient (Wildman–Crippen LogP) is 7.65. The maximum Gasteiger partial charge on any atom is 0.222 e. The maximum absolute atomic E-state index is 6.15. The van der Waals surface area contributed by atoms with Crippen LogP contribution < -0.4 is 4.74 Å². The summed E-state index contributed by atoms with van der Waals surface area (Å²) in [6, 6.07) is 33.3. The molecule has 6 aromatic rings. The summed E-state index contributed by atoms with van der Waals surface area (Å²) in [4.78, 5) is 9.18. The molecule has 0 bridgehead atoms. The van der Waals surface area contributed by atoms with Crippen molar-refractivity contribution in [1.29, 1.82) is 0 Å². The van der Waals surface area contributed by atoms with E-state index in [0.717, 1.165) is 45.0 Å². The van der Waals surface area contributed by atoms with Crippen LogP contribution >= 0.6 is 0 Å². The van der Waals surface area contributed by atoms with Crippen LogP contribution in [-0.2, 0) is 0 Å². The van der Waals surface area contributed by atoms with Crippen molar-refractivity contribution in [3.8, 4) is 28.6 Å². The lowest BCUT2D eigenvalue weighted by atomic mass is 10.0. The van der Waals surface area contributed by atoms with Gasteiger partial charge in [-0.25, -0.2) is 9.97 Å². The van der Waals surface area contributed by atoms with E-state index in [9.17, 15) is 0 Å². The van der Waals surface area contributed by atoms with Gasteiger partial charge < -0.3 is 4.74 Å². The number of para-hydroxylation sites is 1. The third kappa shape index (κ3) is 3.50. The minimum Gasteiger partial charge on any atom is -0.439 e. The molecule has 0 aliphatic heterocycles. The summed E-state index contributed by atoms with van der Waals surface area (Å²) < 4.78 is 8.39. The Bertz CT molecular complexity index is 1650. The molecule has 0 saturated heterocycles. The van der Waals surface area contributed by atoms with Crippen molar-refractivity contribution in [3.05, 3.63) is 115 Å². The van der Waals surface area contributed by atoms with Crippen LogP contribution in [0, 0.1) is 13.8 Å². The number of benzene rings is 3. The number of rotatable bonds is 4. The van der Waals surface area contributed by atoms with Gasteiger partial charge in [0, 0.05) is 28.2 Å². The first-order valence-electron chi connectivity index (χ1n) is 11.3. The zero-order valence-corrected chi connectivity index (χ0v) is 19.1. The van der Waals surface area contributed by atoms with Crippen molar-refractivity contribution < 1.29 is 4.74 Å². The summed E-state index contributed by atoms with van der Waals surface area (Å²) in [5, 5.41) is 2.42. The SMILES string of the molecule is Cc1ccc(C)c(Oc2cccc(-c3ccc4c5ccccc5n(-c5ccccn5)c4c3)c2)n1. The summed E-state index contributed by atoms with van der Waals surface area (Å²) >= 11 is 0. The zero-order chi connectivity index (χ0) is 23.1. The number of hydrogen-bond acceptors (Lipinski definition) is 3.